The Labute approximate surface area is 139 Å². The van der Waals surface area contributed by atoms with Crippen LogP contribution in [0.2, 0.25) is 5.02 Å². The van der Waals surface area contributed by atoms with Crippen LogP contribution in [0.25, 0.3) is 0 Å². The van der Waals surface area contributed by atoms with E-state index in [0.717, 1.165) is 34.8 Å². The minimum Gasteiger partial charge on any atom is -0.273 e. The average molecular weight is 336 g/mol. The van der Waals surface area contributed by atoms with Crippen LogP contribution in [0.4, 0.5) is 0 Å². The summed E-state index contributed by atoms with van der Waals surface area (Å²) in [5, 5.41) is 7.68. The van der Waals surface area contributed by atoms with Gasteiger partial charge in [0.1, 0.15) is 5.01 Å². The summed E-state index contributed by atoms with van der Waals surface area (Å²) in [7, 11) is 0. The van der Waals surface area contributed by atoms with E-state index in [2.05, 4.69) is 22.4 Å². The molecule has 0 fully saturated rings. The lowest BCUT2D eigenvalue weighted by Crippen LogP contribution is -2.22. The van der Waals surface area contributed by atoms with E-state index in [1.807, 2.05) is 36.6 Å². The fourth-order valence-corrected chi connectivity index (χ4v) is 2.83. The summed E-state index contributed by atoms with van der Waals surface area (Å²) in [6, 6.07) is 7.46. The maximum absolute atomic E-state index is 11.9. The van der Waals surface area contributed by atoms with Gasteiger partial charge in [-0.05, 0) is 31.0 Å². The van der Waals surface area contributed by atoms with E-state index in [-0.39, 0.29) is 12.3 Å². The highest BCUT2D eigenvalue weighted by molar-refractivity contribution is 7.09. The summed E-state index contributed by atoms with van der Waals surface area (Å²) >= 11 is 7.38. The number of thiazole rings is 1. The monoisotopic (exact) mass is 335 g/mol. The van der Waals surface area contributed by atoms with Gasteiger partial charge < -0.3 is 0 Å². The van der Waals surface area contributed by atoms with E-state index in [1.54, 1.807) is 0 Å². The first-order valence-electron chi connectivity index (χ1n) is 7.11. The molecule has 1 amide bonds. The van der Waals surface area contributed by atoms with Gasteiger partial charge in [0, 0.05) is 16.1 Å². The Morgan fingerprint density at radius 2 is 2.09 bits per heavy atom. The molecular weight excluding hydrogens is 318 g/mol. The molecule has 0 spiro atoms. The number of hydrazone groups is 1. The van der Waals surface area contributed by atoms with Crippen LogP contribution in [0, 0.1) is 6.92 Å². The SMILES string of the molecule is CCC/C(=N/NC(=O)Cc1nc(C)cs1)c1ccc(Cl)cc1. The number of nitrogens with one attached hydrogen (secondary N) is 1. The van der Waals surface area contributed by atoms with E-state index in [9.17, 15) is 4.79 Å². The van der Waals surface area contributed by atoms with Crippen molar-refractivity contribution < 1.29 is 4.79 Å². The largest absolute Gasteiger partial charge is 0.273 e. The van der Waals surface area contributed by atoms with Gasteiger partial charge in [0.25, 0.3) is 0 Å². The van der Waals surface area contributed by atoms with Crippen molar-refractivity contribution in [1.82, 2.24) is 10.4 Å². The Morgan fingerprint density at radius 1 is 1.36 bits per heavy atom. The van der Waals surface area contributed by atoms with Gasteiger partial charge in [-0.15, -0.1) is 11.3 Å². The number of aryl methyl sites for hydroxylation is 1. The van der Waals surface area contributed by atoms with Crippen molar-refractivity contribution in [2.24, 2.45) is 5.10 Å². The smallest absolute Gasteiger partial charge is 0.246 e. The zero-order chi connectivity index (χ0) is 15.9. The maximum Gasteiger partial charge on any atom is 0.246 e. The van der Waals surface area contributed by atoms with Crippen molar-refractivity contribution in [3.63, 3.8) is 0 Å². The van der Waals surface area contributed by atoms with Crippen LogP contribution in [0.3, 0.4) is 0 Å². The van der Waals surface area contributed by atoms with Crippen molar-refractivity contribution in [3.05, 3.63) is 50.9 Å². The summed E-state index contributed by atoms with van der Waals surface area (Å²) in [5.41, 5.74) is 5.37. The molecule has 0 radical (unpaired) electrons. The fraction of sp³-hybridized carbons (Fsp3) is 0.312. The number of amides is 1. The molecule has 2 aromatic rings. The second-order valence-corrected chi connectivity index (χ2v) is 6.29. The zero-order valence-electron chi connectivity index (χ0n) is 12.6. The predicted octanol–water partition coefficient (Wildman–Crippen LogP) is 3.97. The van der Waals surface area contributed by atoms with Crippen molar-refractivity contribution >= 4 is 34.6 Å². The van der Waals surface area contributed by atoms with Crippen molar-refractivity contribution in [1.29, 1.82) is 0 Å². The Bertz CT molecular complexity index is 664. The highest BCUT2D eigenvalue weighted by atomic mass is 35.5. The van der Waals surface area contributed by atoms with E-state index < -0.39 is 0 Å². The van der Waals surface area contributed by atoms with Crippen LogP contribution in [0.1, 0.15) is 36.0 Å². The third-order valence-corrected chi connectivity index (χ3v) is 4.18. The standard InChI is InChI=1S/C16H18ClN3OS/c1-3-4-14(12-5-7-13(17)8-6-12)19-20-15(21)9-16-18-11(2)10-22-16/h5-8,10H,3-4,9H2,1-2H3,(H,20,21)/b19-14-. The molecule has 0 aliphatic carbocycles. The van der Waals surface area contributed by atoms with Crippen molar-refractivity contribution in [2.45, 2.75) is 33.1 Å². The number of carbonyl (C=O) groups excluding carboxylic acids is 1. The lowest BCUT2D eigenvalue weighted by atomic mass is 10.1. The van der Waals surface area contributed by atoms with Gasteiger partial charge in [-0.1, -0.05) is 37.1 Å². The summed E-state index contributed by atoms with van der Waals surface area (Å²) in [6.07, 6.45) is 1.99. The van der Waals surface area contributed by atoms with Gasteiger partial charge in [-0.3, -0.25) is 4.79 Å². The average Bonchev–Trinajstić information content (AvgIpc) is 2.89. The minimum atomic E-state index is -0.156. The molecule has 6 heteroatoms. The summed E-state index contributed by atoms with van der Waals surface area (Å²) < 4.78 is 0. The van der Waals surface area contributed by atoms with Crippen LogP contribution in [0.5, 0.6) is 0 Å². The number of nitrogens with zero attached hydrogens (tertiary/aromatic N) is 2. The number of benzene rings is 1. The molecule has 1 heterocycles. The Hall–Kier alpha value is -1.72. The van der Waals surface area contributed by atoms with Crippen LogP contribution in [-0.2, 0) is 11.2 Å². The number of rotatable bonds is 6. The first-order valence-corrected chi connectivity index (χ1v) is 8.36. The number of hydrogen-bond acceptors (Lipinski definition) is 4. The third-order valence-electron chi connectivity index (χ3n) is 2.96. The molecule has 0 unspecified atom stereocenters. The lowest BCUT2D eigenvalue weighted by Gasteiger charge is -2.06. The van der Waals surface area contributed by atoms with E-state index in [4.69, 9.17) is 11.6 Å². The molecule has 0 saturated heterocycles. The molecule has 0 saturated carbocycles. The number of aromatic nitrogens is 1. The predicted molar refractivity (Wildman–Crippen MR) is 91.6 cm³/mol. The Kier molecular flexibility index (Phi) is 6.10. The lowest BCUT2D eigenvalue weighted by molar-refractivity contribution is -0.120. The molecule has 1 aromatic heterocycles. The summed E-state index contributed by atoms with van der Waals surface area (Å²) in [6.45, 7) is 3.99. The molecule has 0 bridgehead atoms. The molecule has 116 valence electrons. The van der Waals surface area contributed by atoms with Crippen LogP contribution < -0.4 is 5.43 Å². The second kappa shape index (κ2) is 8.06. The van der Waals surface area contributed by atoms with E-state index in [1.165, 1.54) is 11.3 Å². The first-order chi connectivity index (χ1) is 10.6. The normalized spacial score (nSPS) is 11.5. The molecule has 0 aliphatic rings. The van der Waals surface area contributed by atoms with Crippen molar-refractivity contribution in [3.8, 4) is 0 Å². The van der Waals surface area contributed by atoms with Crippen LogP contribution >= 0.6 is 22.9 Å². The van der Waals surface area contributed by atoms with Gasteiger partial charge in [0.2, 0.25) is 5.91 Å². The van der Waals surface area contributed by atoms with Gasteiger partial charge in [0.15, 0.2) is 0 Å². The number of halogens is 1. The molecule has 4 nitrogen and oxygen atoms in total. The zero-order valence-corrected chi connectivity index (χ0v) is 14.2. The highest BCUT2D eigenvalue weighted by Gasteiger charge is 2.08. The Balaban J connectivity index is 2.03. The Morgan fingerprint density at radius 3 is 2.68 bits per heavy atom. The quantitative estimate of drug-likeness (QED) is 0.641. The van der Waals surface area contributed by atoms with Crippen molar-refractivity contribution in [2.75, 3.05) is 0 Å². The molecular formula is C16H18ClN3OS. The van der Waals surface area contributed by atoms with Gasteiger partial charge >= 0.3 is 0 Å². The minimum absolute atomic E-state index is 0.156. The highest BCUT2D eigenvalue weighted by Crippen LogP contribution is 2.13. The number of carbonyl (C=O) groups is 1. The van der Waals surface area contributed by atoms with Crippen LogP contribution in [0.15, 0.2) is 34.7 Å². The molecule has 1 N–H and O–H groups in total. The van der Waals surface area contributed by atoms with Gasteiger partial charge in [-0.25, -0.2) is 10.4 Å². The van der Waals surface area contributed by atoms with Gasteiger partial charge in [0.05, 0.1) is 12.1 Å². The van der Waals surface area contributed by atoms with E-state index in [0.29, 0.717) is 5.02 Å². The fourth-order valence-electron chi connectivity index (χ4n) is 1.93. The molecule has 1 aromatic carbocycles. The topological polar surface area (TPSA) is 54.4 Å². The number of hydrogen-bond donors (Lipinski definition) is 1. The summed E-state index contributed by atoms with van der Waals surface area (Å²) in [5.74, 6) is -0.156. The second-order valence-electron chi connectivity index (χ2n) is 4.91. The molecule has 0 atom stereocenters. The first kappa shape index (κ1) is 16.6. The third kappa shape index (κ3) is 4.93. The summed E-state index contributed by atoms with van der Waals surface area (Å²) in [4.78, 5) is 16.2. The molecule has 2 rings (SSSR count). The molecule has 0 aliphatic heterocycles. The molecule has 22 heavy (non-hydrogen) atoms. The van der Waals surface area contributed by atoms with E-state index >= 15 is 0 Å². The van der Waals surface area contributed by atoms with Gasteiger partial charge in [-0.2, -0.15) is 5.10 Å². The maximum atomic E-state index is 11.9. The van der Waals surface area contributed by atoms with Crippen LogP contribution in [-0.4, -0.2) is 16.6 Å².